The van der Waals surface area contributed by atoms with Crippen LogP contribution in [0.5, 0.6) is 0 Å². The predicted molar refractivity (Wildman–Crippen MR) is 108 cm³/mol. The molecule has 0 bridgehead atoms. The van der Waals surface area contributed by atoms with Gasteiger partial charge in [0.05, 0.1) is 18.8 Å². The van der Waals surface area contributed by atoms with Crippen LogP contribution in [0.3, 0.4) is 0 Å². The standard InChI is InChI=1S/C20H27N7O/c1-21-20(23-15-19-25-24-18-9-3-6-12-27(18)19)22-14-16(17-8-7-13-28-17)26-10-4-2-5-11-26/h3,6-9,12-13,16H,2,4-5,10-11,14-15H2,1H3,(H2,21,22,23). The molecule has 0 radical (unpaired) electrons. The van der Waals surface area contributed by atoms with Crippen molar-refractivity contribution < 1.29 is 4.42 Å². The highest BCUT2D eigenvalue weighted by Gasteiger charge is 2.24. The summed E-state index contributed by atoms with van der Waals surface area (Å²) in [5.41, 5.74) is 0.838. The lowest BCUT2D eigenvalue weighted by Gasteiger charge is -2.33. The van der Waals surface area contributed by atoms with Crippen LogP contribution >= 0.6 is 0 Å². The van der Waals surface area contributed by atoms with Crippen LogP contribution in [0, 0.1) is 0 Å². The summed E-state index contributed by atoms with van der Waals surface area (Å²) < 4.78 is 7.69. The lowest BCUT2D eigenvalue weighted by molar-refractivity contribution is 0.146. The van der Waals surface area contributed by atoms with Gasteiger partial charge in [-0.15, -0.1) is 10.2 Å². The lowest BCUT2D eigenvalue weighted by Crippen LogP contribution is -2.44. The highest BCUT2D eigenvalue weighted by molar-refractivity contribution is 5.79. The highest BCUT2D eigenvalue weighted by atomic mass is 16.3. The number of hydrogen-bond acceptors (Lipinski definition) is 5. The molecule has 3 aromatic heterocycles. The number of guanidine groups is 1. The zero-order valence-corrected chi connectivity index (χ0v) is 16.2. The summed E-state index contributed by atoms with van der Waals surface area (Å²) in [6, 6.07) is 10.1. The SMILES string of the molecule is CN=C(NCc1nnc2ccccn12)NCC(c1ccco1)N1CCCCC1. The number of nitrogens with one attached hydrogen (secondary N) is 2. The average Bonchev–Trinajstić information content (AvgIpc) is 3.42. The molecule has 4 rings (SSSR count). The van der Waals surface area contributed by atoms with E-state index >= 15 is 0 Å². The van der Waals surface area contributed by atoms with Gasteiger partial charge < -0.3 is 15.1 Å². The van der Waals surface area contributed by atoms with Gasteiger partial charge in [0.1, 0.15) is 5.76 Å². The molecule has 4 heterocycles. The minimum absolute atomic E-state index is 0.197. The van der Waals surface area contributed by atoms with Gasteiger partial charge in [-0.2, -0.15) is 0 Å². The maximum absolute atomic E-state index is 5.72. The molecule has 1 atom stereocenters. The summed E-state index contributed by atoms with van der Waals surface area (Å²) in [6.07, 6.45) is 7.50. The van der Waals surface area contributed by atoms with E-state index in [9.17, 15) is 0 Å². The van der Waals surface area contributed by atoms with E-state index < -0.39 is 0 Å². The smallest absolute Gasteiger partial charge is 0.191 e. The van der Waals surface area contributed by atoms with Crippen LogP contribution in [0.25, 0.3) is 5.65 Å². The summed E-state index contributed by atoms with van der Waals surface area (Å²) in [4.78, 5) is 6.85. The van der Waals surface area contributed by atoms with E-state index in [0.717, 1.165) is 42.8 Å². The van der Waals surface area contributed by atoms with Crippen molar-refractivity contribution in [3.8, 4) is 0 Å². The van der Waals surface area contributed by atoms with Gasteiger partial charge in [-0.3, -0.25) is 14.3 Å². The summed E-state index contributed by atoms with van der Waals surface area (Å²) >= 11 is 0. The van der Waals surface area contributed by atoms with Crippen molar-refractivity contribution in [3.63, 3.8) is 0 Å². The fourth-order valence-electron chi connectivity index (χ4n) is 3.71. The third-order valence-corrected chi connectivity index (χ3v) is 5.19. The van der Waals surface area contributed by atoms with Crippen LogP contribution in [0.4, 0.5) is 0 Å². The molecule has 0 amide bonds. The van der Waals surface area contributed by atoms with E-state index in [2.05, 4.69) is 36.8 Å². The summed E-state index contributed by atoms with van der Waals surface area (Å²) in [6.45, 7) is 3.48. The van der Waals surface area contributed by atoms with Gasteiger partial charge in [0, 0.05) is 19.8 Å². The van der Waals surface area contributed by atoms with Gasteiger partial charge in [-0.1, -0.05) is 12.5 Å². The van der Waals surface area contributed by atoms with Crippen LogP contribution in [0.2, 0.25) is 0 Å². The molecule has 0 aromatic carbocycles. The first-order chi connectivity index (χ1) is 13.8. The lowest BCUT2D eigenvalue weighted by atomic mass is 10.1. The molecule has 0 aliphatic carbocycles. The molecule has 3 aromatic rings. The Balaban J connectivity index is 1.38. The second kappa shape index (κ2) is 8.88. The van der Waals surface area contributed by atoms with E-state index in [-0.39, 0.29) is 6.04 Å². The fraction of sp³-hybridized carbons (Fsp3) is 0.450. The van der Waals surface area contributed by atoms with Crippen LogP contribution < -0.4 is 10.6 Å². The average molecular weight is 381 g/mol. The van der Waals surface area contributed by atoms with Gasteiger partial charge in [0.15, 0.2) is 17.4 Å². The number of pyridine rings is 1. The number of aromatic nitrogens is 3. The Morgan fingerprint density at radius 1 is 1.14 bits per heavy atom. The maximum Gasteiger partial charge on any atom is 0.191 e. The van der Waals surface area contributed by atoms with Crippen LogP contribution in [0.1, 0.15) is 36.9 Å². The normalized spacial score (nSPS) is 17.0. The Labute approximate surface area is 164 Å². The number of nitrogens with zero attached hydrogens (tertiary/aromatic N) is 5. The van der Waals surface area contributed by atoms with Crippen molar-refractivity contribution in [3.05, 3.63) is 54.4 Å². The monoisotopic (exact) mass is 381 g/mol. The molecule has 1 aliphatic heterocycles. The second-order valence-electron chi connectivity index (χ2n) is 6.98. The van der Waals surface area contributed by atoms with Gasteiger partial charge in [-0.05, 0) is 50.2 Å². The molecule has 8 heteroatoms. The molecule has 1 saturated heterocycles. The number of likely N-dealkylation sites (tertiary alicyclic amines) is 1. The molecule has 1 fully saturated rings. The van der Waals surface area contributed by atoms with Gasteiger partial charge in [-0.25, -0.2) is 0 Å². The summed E-state index contributed by atoms with van der Waals surface area (Å²) in [5.74, 6) is 2.58. The van der Waals surface area contributed by atoms with E-state index in [1.807, 2.05) is 34.9 Å². The van der Waals surface area contributed by atoms with Crippen molar-refractivity contribution >= 4 is 11.6 Å². The van der Waals surface area contributed by atoms with E-state index in [1.54, 1.807) is 13.3 Å². The Kier molecular flexibility index (Phi) is 5.86. The van der Waals surface area contributed by atoms with Crippen molar-refractivity contribution in [1.82, 2.24) is 30.1 Å². The Bertz CT molecular complexity index is 896. The Hall–Kier alpha value is -2.87. The third-order valence-electron chi connectivity index (χ3n) is 5.19. The van der Waals surface area contributed by atoms with Gasteiger partial charge in [0.25, 0.3) is 0 Å². The Morgan fingerprint density at radius 2 is 2.04 bits per heavy atom. The van der Waals surface area contributed by atoms with Gasteiger partial charge >= 0.3 is 0 Å². The molecule has 1 aliphatic rings. The van der Waals surface area contributed by atoms with Gasteiger partial charge in [0.2, 0.25) is 0 Å². The molecular formula is C20H27N7O. The summed E-state index contributed by atoms with van der Waals surface area (Å²) in [5, 5.41) is 15.2. The molecule has 28 heavy (non-hydrogen) atoms. The van der Waals surface area contributed by atoms with Crippen LogP contribution in [0.15, 0.2) is 52.2 Å². The van der Waals surface area contributed by atoms with Crippen molar-refractivity contribution in [2.45, 2.75) is 31.8 Å². The predicted octanol–water partition coefficient (Wildman–Crippen LogP) is 2.21. The topological polar surface area (TPSA) is 83.0 Å². The number of piperidine rings is 1. The first-order valence-electron chi connectivity index (χ1n) is 9.86. The Morgan fingerprint density at radius 3 is 2.82 bits per heavy atom. The first kappa shape index (κ1) is 18.5. The number of aliphatic imine (C=N–C) groups is 1. The number of rotatable bonds is 6. The van der Waals surface area contributed by atoms with Crippen molar-refractivity contribution in [2.24, 2.45) is 4.99 Å². The molecule has 2 N–H and O–H groups in total. The minimum Gasteiger partial charge on any atom is -0.468 e. The molecule has 0 spiro atoms. The van der Waals surface area contributed by atoms with Crippen molar-refractivity contribution in [2.75, 3.05) is 26.7 Å². The van der Waals surface area contributed by atoms with Crippen LogP contribution in [-0.2, 0) is 6.54 Å². The number of hydrogen-bond donors (Lipinski definition) is 2. The molecular weight excluding hydrogens is 354 g/mol. The summed E-state index contributed by atoms with van der Waals surface area (Å²) in [7, 11) is 1.78. The van der Waals surface area contributed by atoms with E-state index in [1.165, 1.54) is 19.3 Å². The number of fused-ring (bicyclic) bond motifs is 1. The molecule has 1 unspecified atom stereocenters. The third kappa shape index (κ3) is 4.17. The fourth-order valence-corrected chi connectivity index (χ4v) is 3.71. The molecule has 0 saturated carbocycles. The minimum atomic E-state index is 0.197. The largest absolute Gasteiger partial charge is 0.468 e. The highest BCUT2D eigenvalue weighted by Crippen LogP contribution is 2.24. The van der Waals surface area contributed by atoms with Crippen molar-refractivity contribution in [1.29, 1.82) is 0 Å². The van der Waals surface area contributed by atoms with E-state index in [0.29, 0.717) is 6.54 Å². The van der Waals surface area contributed by atoms with E-state index in [4.69, 9.17) is 4.42 Å². The van der Waals surface area contributed by atoms with Crippen LogP contribution in [-0.4, -0.2) is 52.1 Å². The maximum atomic E-state index is 5.72. The first-order valence-corrected chi connectivity index (χ1v) is 9.86. The number of furan rings is 1. The quantitative estimate of drug-likeness (QED) is 0.503. The second-order valence-corrected chi connectivity index (χ2v) is 6.98. The molecule has 148 valence electrons. The zero-order valence-electron chi connectivity index (χ0n) is 16.2. The zero-order chi connectivity index (χ0) is 19.2. The molecule has 8 nitrogen and oxygen atoms in total.